The van der Waals surface area contributed by atoms with Crippen LogP contribution in [-0.4, -0.2) is 33.0 Å². The number of nitrogens with two attached hydrogens (primary N) is 1. The van der Waals surface area contributed by atoms with Gasteiger partial charge in [-0.25, -0.2) is 0 Å². The summed E-state index contributed by atoms with van der Waals surface area (Å²) in [4.78, 5) is 24.3. The fraction of sp³-hybridized carbons (Fsp3) is 0.500. The van der Waals surface area contributed by atoms with E-state index in [0.717, 1.165) is 0 Å². The summed E-state index contributed by atoms with van der Waals surface area (Å²) < 4.78 is 5.29. The number of nitrogens with one attached hydrogen (secondary N) is 1. The number of carbonyl (C=O) groups is 2. The first-order valence-corrected chi connectivity index (χ1v) is 11.7. The molecule has 26 heavy (non-hydrogen) atoms. The zero-order valence-corrected chi connectivity index (χ0v) is 17.6. The van der Waals surface area contributed by atoms with Gasteiger partial charge >= 0.3 is 0 Å². The molecule has 5 nitrogen and oxygen atoms in total. The van der Waals surface area contributed by atoms with Crippen molar-refractivity contribution in [2.45, 2.75) is 57.5 Å². The highest BCUT2D eigenvalue weighted by molar-refractivity contribution is 6.87. The monoisotopic (exact) mass is 374 g/mol. The van der Waals surface area contributed by atoms with Gasteiger partial charge in [-0.3, -0.25) is 9.59 Å². The third kappa shape index (κ3) is 6.01. The van der Waals surface area contributed by atoms with Crippen LogP contribution in [0.1, 0.15) is 38.9 Å². The van der Waals surface area contributed by atoms with Crippen LogP contribution in [0.5, 0.6) is 0 Å². The van der Waals surface area contributed by atoms with Gasteiger partial charge in [-0.1, -0.05) is 64.2 Å². The van der Waals surface area contributed by atoms with E-state index in [2.05, 4.69) is 50.6 Å². The number of benzene rings is 1. The molecule has 0 unspecified atom stereocenters. The minimum Gasteiger partial charge on any atom is -0.368 e. The smallest absolute Gasteiger partial charge is 0.254 e. The summed E-state index contributed by atoms with van der Waals surface area (Å²) in [6, 6.07) is 8.25. The van der Waals surface area contributed by atoms with Crippen LogP contribution in [0.2, 0.25) is 18.1 Å². The van der Waals surface area contributed by atoms with E-state index in [4.69, 9.17) is 10.5 Å². The van der Waals surface area contributed by atoms with E-state index in [1.54, 1.807) is 12.1 Å². The van der Waals surface area contributed by atoms with Crippen LogP contribution >= 0.6 is 0 Å². The zero-order chi connectivity index (χ0) is 20.0. The number of carbonyl (C=O) groups excluding carboxylic acids is 2. The molecule has 0 saturated heterocycles. The van der Waals surface area contributed by atoms with Crippen molar-refractivity contribution < 1.29 is 14.3 Å². The molecule has 0 aliphatic rings. The van der Waals surface area contributed by atoms with Gasteiger partial charge in [0.2, 0.25) is 5.91 Å². The van der Waals surface area contributed by atoms with Crippen molar-refractivity contribution >= 4 is 19.9 Å². The molecule has 0 fully saturated rings. The zero-order valence-electron chi connectivity index (χ0n) is 16.6. The molecule has 0 radical (unpaired) electrons. The normalized spacial score (nSPS) is 13.9. The summed E-state index contributed by atoms with van der Waals surface area (Å²) >= 11 is 0. The van der Waals surface area contributed by atoms with Crippen molar-refractivity contribution in [2.75, 3.05) is 7.11 Å². The number of rotatable bonds is 6. The molecule has 2 atom stereocenters. The number of hydrogen-bond donors (Lipinski definition) is 2. The van der Waals surface area contributed by atoms with E-state index in [-0.39, 0.29) is 11.5 Å². The van der Waals surface area contributed by atoms with E-state index in [9.17, 15) is 9.59 Å². The molecule has 0 aliphatic heterocycles. The van der Waals surface area contributed by atoms with Crippen molar-refractivity contribution in [1.82, 2.24) is 5.32 Å². The quantitative estimate of drug-likeness (QED) is 0.593. The summed E-state index contributed by atoms with van der Waals surface area (Å²) in [5.41, 5.74) is 9.49. The van der Waals surface area contributed by atoms with Crippen molar-refractivity contribution in [3.8, 4) is 11.5 Å². The van der Waals surface area contributed by atoms with Crippen LogP contribution in [0.3, 0.4) is 0 Å². The second kappa shape index (κ2) is 9.02. The summed E-state index contributed by atoms with van der Waals surface area (Å²) in [6.07, 6.45) is -0.606. The Balaban J connectivity index is 2.86. The standard InChI is InChI=1S/C20H30N2O3Si/c1-20(2,3)26(5,6)14-10-13-16(18(21)23)22-19(24)17(25-4)15-11-8-7-9-12-15/h7-9,11-12,16-17H,13H2,1-6H3,(H2,21,23)(H,22,24)/t16-,17+/m1/s1. The summed E-state index contributed by atoms with van der Waals surface area (Å²) in [5.74, 6) is 2.06. The Labute approximate surface area is 157 Å². The highest BCUT2D eigenvalue weighted by atomic mass is 28.3. The van der Waals surface area contributed by atoms with Gasteiger partial charge in [0.25, 0.3) is 5.91 Å². The third-order valence-electron chi connectivity index (χ3n) is 4.82. The lowest BCUT2D eigenvalue weighted by Gasteiger charge is -2.31. The van der Waals surface area contributed by atoms with Gasteiger partial charge in [0, 0.05) is 13.5 Å². The first-order valence-electron chi connectivity index (χ1n) is 8.67. The molecule has 142 valence electrons. The van der Waals surface area contributed by atoms with Crippen LogP contribution in [0, 0.1) is 11.5 Å². The van der Waals surface area contributed by atoms with Gasteiger partial charge in [0.15, 0.2) is 6.10 Å². The average molecular weight is 375 g/mol. The molecule has 0 aliphatic carbocycles. The molecular weight excluding hydrogens is 344 g/mol. The maximum atomic E-state index is 12.5. The molecule has 0 spiro atoms. The van der Waals surface area contributed by atoms with Crippen LogP contribution in [0.25, 0.3) is 0 Å². The minimum atomic E-state index is -1.78. The van der Waals surface area contributed by atoms with Crippen molar-refractivity contribution in [2.24, 2.45) is 5.73 Å². The average Bonchev–Trinajstić information content (AvgIpc) is 2.54. The van der Waals surface area contributed by atoms with E-state index >= 15 is 0 Å². The Morgan fingerprint density at radius 2 is 1.81 bits per heavy atom. The minimum absolute atomic E-state index is 0.125. The van der Waals surface area contributed by atoms with Gasteiger partial charge in [-0.05, 0) is 10.6 Å². The first kappa shape index (κ1) is 21.9. The van der Waals surface area contributed by atoms with Crippen molar-refractivity contribution in [1.29, 1.82) is 0 Å². The molecule has 0 aromatic heterocycles. The summed E-state index contributed by atoms with van der Waals surface area (Å²) in [6.45, 7) is 10.9. The predicted octanol–water partition coefficient (Wildman–Crippen LogP) is 2.79. The fourth-order valence-electron chi connectivity index (χ4n) is 2.05. The second-order valence-electron chi connectivity index (χ2n) is 7.87. The molecule has 6 heteroatoms. The highest BCUT2D eigenvalue weighted by Crippen LogP contribution is 2.35. The summed E-state index contributed by atoms with van der Waals surface area (Å²) in [7, 11) is -0.326. The molecule has 0 bridgehead atoms. The van der Waals surface area contributed by atoms with Crippen molar-refractivity contribution in [3.05, 3.63) is 35.9 Å². The van der Waals surface area contributed by atoms with Gasteiger partial charge in [0.05, 0.1) is 0 Å². The van der Waals surface area contributed by atoms with E-state index < -0.39 is 32.0 Å². The van der Waals surface area contributed by atoms with Crippen molar-refractivity contribution in [3.63, 3.8) is 0 Å². The number of primary amides is 1. The van der Waals surface area contributed by atoms with E-state index in [0.29, 0.717) is 5.56 Å². The van der Waals surface area contributed by atoms with E-state index in [1.165, 1.54) is 7.11 Å². The lowest BCUT2D eigenvalue weighted by Crippen LogP contribution is -2.46. The lowest BCUT2D eigenvalue weighted by atomic mass is 10.1. The SMILES string of the molecule is CO[C@H](C(=O)N[C@H](CC#C[Si](C)(C)C(C)(C)C)C(N)=O)c1ccccc1. The van der Waals surface area contributed by atoms with Crippen LogP contribution in [-0.2, 0) is 14.3 Å². The molecule has 3 N–H and O–H groups in total. The first-order chi connectivity index (χ1) is 12.0. The molecule has 1 aromatic rings. The van der Waals surface area contributed by atoms with Gasteiger partial charge in [-0.15, -0.1) is 11.5 Å². The topological polar surface area (TPSA) is 81.4 Å². The Morgan fingerprint density at radius 1 is 1.23 bits per heavy atom. The lowest BCUT2D eigenvalue weighted by molar-refractivity contribution is -0.134. The molecule has 0 saturated carbocycles. The fourth-order valence-corrected chi connectivity index (χ4v) is 2.97. The number of amides is 2. The van der Waals surface area contributed by atoms with Gasteiger partial charge in [-0.2, -0.15) is 0 Å². The Morgan fingerprint density at radius 3 is 2.27 bits per heavy atom. The Bertz CT molecular complexity index is 684. The van der Waals surface area contributed by atoms with Crippen LogP contribution < -0.4 is 11.1 Å². The third-order valence-corrected chi connectivity index (χ3v) is 9.37. The van der Waals surface area contributed by atoms with Gasteiger partial charge < -0.3 is 15.8 Å². The van der Waals surface area contributed by atoms with Crippen LogP contribution in [0.4, 0.5) is 0 Å². The molecule has 0 heterocycles. The van der Waals surface area contributed by atoms with E-state index in [1.807, 2.05) is 18.2 Å². The molecular formula is C20H30N2O3Si. The largest absolute Gasteiger partial charge is 0.368 e. The number of hydrogen-bond acceptors (Lipinski definition) is 3. The maximum Gasteiger partial charge on any atom is 0.254 e. The van der Waals surface area contributed by atoms with Crippen LogP contribution in [0.15, 0.2) is 30.3 Å². The molecule has 2 amide bonds. The molecule has 1 rings (SSSR count). The maximum absolute atomic E-state index is 12.5. The Kier molecular flexibility index (Phi) is 7.61. The number of methoxy groups -OCH3 is 1. The van der Waals surface area contributed by atoms with Gasteiger partial charge in [0.1, 0.15) is 14.1 Å². The predicted molar refractivity (Wildman–Crippen MR) is 107 cm³/mol. The summed E-state index contributed by atoms with van der Waals surface area (Å²) in [5, 5.41) is 2.79. The highest BCUT2D eigenvalue weighted by Gasteiger charge is 2.33. The number of ether oxygens (including phenoxy) is 1. The molecule has 1 aromatic carbocycles. The second-order valence-corrected chi connectivity index (χ2v) is 12.9. The Hall–Kier alpha value is -2.10.